The Hall–Kier alpha value is -1.06. The van der Waals surface area contributed by atoms with Gasteiger partial charge in [-0.2, -0.15) is 0 Å². The summed E-state index contributed by atoms with van der Waals surface area (Å²) in [6.45, 7) is 2.84. The van der Waals surface area contributed by atoms with Crippen LogP contribution in [0.25, 0.3) is 0 Å². The van der Waals surface area contributed by atoms with Crippen molar-refractivity contribution in [1.29, 1.82) is 0 Å². The van der Waals surface area contributed by atoms with Gasteiger partial charge in [-0.1, -0.05) is 18.2 Å². The van der Waals surface area contributed by atoms with Gasteiger partial charge < -0.3 is 10.2 Å². The van der Waals surface area contributed by atoms with Gasteiger partial charge in [0.25, 0.3) is 0 Å². The van der Waals surface area contributed by atoms with Gasteiger partial charge in [0.2, 0.25) is 5.91 Å². The van der Waals surface area contributed by atoms with Crippen LogP contribution in [-0.2, 0) is 11.2 Å². The third kappa shape index (κ3) is 3.15. The van der Waals surface area contributed by atoms with Crippen LogP contribution in [0, 0.1) is 5.92 Å². The Bertz CT molecular complexity index is 458. The number of aryl methyl sites for hydroxylation is 1. The highest BCUT2D eigenvalue weighted by molar-refractivity contribution is 5.96. The lowest BCUT2D eigenvalue weighted by atomic mass is 9.96. The maximum atomic E-state index is 12.8. The summed E-state index contributed by atoms with van der Waals surface area (Å²) in [6, 6.07) is 8.41. The van der Waals surface area contributed by atoms with Crippen LogP contribution < -0.4 is 10.2 Å². The third-order valence-electron chi connectivity index (χ3n) is 4.31. The van der Waals surface area contributed by atoms with Crippen LogP contribution in [0.1, 0.15) is 31.2 Å². The number of benzene rings is 1. The molecule has 1 N–H and O–H groups in total. The zero-order valence-corrected chi connectivity index (χ0v) is 12.6. The molecular formula is C16H23ClN2O. The first-order valence-corrected chi connectivity index (χ1v) is 7.46. The molecule has 2 heterocycles. The fourth-order valence-electron chi connectivity index (χ4n) is 3.21. The molecule has 0 saturated carbocycles. The Morgan fingerprint density at radius 1 is 1.15 bits per heavy atom. The first-order chi connectivity index (χ1) is 9.36. The molecule has 1 aromatic rings. The van der Waals surface area contributed by atoms with Crippen LogP contribution in [0.4, 0.5) is 5.69 Å². The second kappa shape index (κ2) is 7.09. The van der Waals surface area contributed by atoms with E-state index in [1.165, 1.54) is 12.0 Å². The average Bonchev–Trinajstić information content (AvgIpc) is 2.70. The van der Waals surface area contributed by atoms with Crippen molar-refractivity contribution in [1.82, 2.24) is 5.32 Å². The Labute approximate surface area is 127 Å². The normalized spacial score (nSPS) is 19.7. The summed E-state index contributed by atoms with van der Waals surface area (Å²) in [5.41, 5.74) is 2.49. The van der Waals surface area contributed by atoms with E-state index in [0.29, 0.717) is 5.91 Å². The molecule has 0 radical (unpaired) electrons. The number of anilines is 1. The molecular weight excluding hydrogens is 272 g/mol. The molecule has 0 bridgehead atoms. The average molecular weight is 295 g/mol. The molecule has 20 heavy (non-hydrogen) atoms. The molecule has 2 aliphatic heterocycles. The quantitative estimate of drug-likeness (QED) is 0.864. The summed E-state index contributed by atoms with van der Waals surface area (Å²) >= 11 is 0. The molecule has 4 heteroatoms. The highest BCUT2D eigenvalue weighted by Gasteiger charge is 2.28. The van der Waals surface area contributed by atoms with Crippen LogP contribution in [0.5, 0.6) is 0 Å². The van der Waals surface area contributed by atoms with E-state index in [-0.39, 0.29) is 18.3 Å². The molecule has 0 aliphatic carbocycles. The second-order valence-electron chi connectivity index (χ2n) is 5.60. The van der Waals surface area contributed by atoms with E-state index in [1.807, 2.05) is 6.07 Å². The highest BCUT2D eigenvalue weighted by atomic mass is 35.5. The van der Waals surface area contributed by atoms with Crippen LogP contribution in [-0.4, -0.2) is 25.5 Å². The van der Waals surface area contributed by atoms with Crippen molar-refractivity contribution >= 4 is 24.0 Å². The zero-order valence-electron chi connectivity index (χ0n) is 11.8. The summed E-state index contributed by atoms with van der Waals surface area (Å²) in [6.07, 6.45) is 5.37. The SMILES string of the molecule is Cl.O=C(C1CCNCC1)N1CCCCc2ccccc21. The minimum absolute atomic E-state index is 0. The molecule has 0 aromatic heterocycles. The van der Waals surface area contributed by atoms with Crippen molar-refractivity contribution in [3.05, 3.63) is 29.8 Å². The van der Waals surface area contributed by atoms with Gasteiger partial charge in [0.1, 0.15) is 0 Å². The number of nitrogens with one attached hydrogen (secondary N) is 1. The Morgan fingerprint density at radius 2 is 1.90 bits per heavy atom. The number of fused-ring (bicyclic) bond motifs is 1. The van der Waals surface area contributed by atoms with Gasteiger partial charge in [-0.25, -0.2) is 0 Å². The monoisotopic (exact) mass is 294 g/mol. The van der Waals surface area contributed by atoms with Crippen LogP contribution >= 0.6 is 12.4 Å². The van der Waals surface area contributed by atoms with E-state index in [4.69, 9.17) is 0 Å². The molecule has 3 nitrogen and oxygen atoms in total. The van der Waals surface area contributed by atoms with Crippen LogP contribution in [0.15, 0.2) is 24.3 Å². The third-order valence-corrected chi connectivity index (χ3v) is 4.31. The number of nitrogens with zero attached hydrogens (tertiary/aromatic N) is 1. The van der Waals surface area contributed by atoms with Gasteiger partial charge >= 0.3 is 0 Å². The van der Waals surface area contributed by atoms with Gasteiger partial charge in [-0.3, -0.25) is 4.79 Å². The van der Waals surface area contributed by atoms with E-state index < -0.39 is 0 Å². The summed E-state index contributed by atoms with van der Waals surface area (Å²) in [4.78, 5) is 14.8. The Balaban J connectivity index is 0.00000147. The number of hydrogen-bond acceptors (Lipinski definition) is 2. The number of hydrogen-bond donors (Lipinski definition) is 1. The lowest BCUT2D eigenvalue weighted by Gasteiger charge is -2.29. The van der Waals surface area contributed by atoms with Gasteiger partial charge in [-0.15, -0.1) is 12.4 Å². The van der Waals surface area contributed by atoms with E-state index in [2.05, 4.69) is 28.4 Å². The molecule has 110 valence electrons. The van der Waals surface area contributed by atoms with E-state index >= 15 is 0 Å². The standard InChI is InChI=1S/C16H22N2O.ClH/c19-16(14-8-10-17-11-9-14)18-12-4-3-6-13-5-1-2-7-15(13)18;/h1-2,5,7,14,17H,3-4,6,8-12H2;1H. The van der Waals surface area contributed by atoms with Gasteiger partial charge in [0, 0.05) is 18.2 Å². The molecule has 1 saturated heterocycles. The van der Waals surface area contributed by atoms with Gasteiger partial charge in [0.05, 0.1) is 0 Å². The first-order valence-electron chi connectivity index (χ1n) is 7.46. The largest absolute Gasteiger partial charge is 0.317 e. The van der Waals surface area contributed by atoms with Crippen LogP contribution in [0.2, 0.25) is 0 Å². The summed E-state index contributed by atoms with van der Waals surface area (Å²) in [5.74, 6) is 0.559. The number of carbonyl (C=O) groups excluding carboxylic acids is 1. The summed E-state index contributed by atoms with van der Waals surface area (Å²) in [7, 11) is 0. The minimum Gasteiger partial charge on any atom is -0.317 e. The number of carbonyl (C=O) groups is 1. The number of piperidine rings is 1. The molecule has 3 rings (SSSR count). The summed E-state index contributed by atoms with van der Waals surface area (Å²) < 4.78 is 0. The Kier molecular flexibility index (Phi) is 5.44. The smallest absolute Gasteiger partial charge is 0.230 e. The fraction of sp³-hybridized carbons (Fsp3) is 0.562. The summed E-state index contributed by atoms with van der Waals surface area (Å²) in [5, 5.41) is 3.33. The van der Waals surface area contributed by atoms with Crippen molar-refractivity contribution in [2.75, 3.05) is 24.5 Å². The van der Waals surface area contributed by atoms with Crippen molar-refractivity contribution in [2.24, 2.45) is 5.92 Å². The van der Waals surface area contributed by atoms with Crippen LogP contribution in [0.3, 0.4) is 0 Å². The molecule has 2 aliphatic rings. The lowest BCUT2D eigenvalue weighted by Crippen LogP contribution is -2.41. The maximum absolute atomic E-state index is 12.8. The number of amides is 1. The molecule has 0 unspecified atom stereocenters. The van der Waals surface area contributed by atoms with Crippen molar-refractivity contribution in [2.45, 2.75) is 32.1 Å². The number of para-hydroxylation sites is 1. The second-order valence-corrected chi connectivity index (χ2v) is 5.60. The molecule has 0 spiro atoms. The van der Waals surface area contributed by atoms with E-state index in [9.17, 15) is 4.79 Å². The fourth-order valence-corrected chi connectivity index (χ4v) is 3.21. The maximum Gasteiger partial charge on any atom is 0.230 e. The lowest BCUT2D eigenvalue weighted by molar-refractivity contribution is -0.123. The van der Waals surface area contributed by atoms with E-state index in [0.717, 1.165) is 51.0 Å². The number of halogens is 1. The molecule has 1 fully saturated rings. The van der Waals surface area contributed by atoms with Gasteiger partial charge in [0.15, 0.2) is 0 Å². The van der Waals surface area contributed by atoms with Crippen molar-refractivity contribution in [3.63, 3.8) is 0 Å². The topological polar surface area (TPSA) is 32.3 Å². The van der Waals surface area contributed by atoms with E-state index in [1.54, 1.807) is 0 Å². The zero-order chi connectivity index (χ0) is 13.1. The Morgan fingerprint density at radius 3 is 2.70 bits per heavy atom. The first kappa shape index (κ1) is 15.3. The molecule has 0 atom stereocenters. The molecule has 1 aromatic carbocycles. The van der Waals surface area contributed by atoms with Crippen molar-refractivity contribution in [3.8, 4) is 0 Å². The minimum atomic E-state index is 0. The predicted molar refractivity (Wildman–Crippen MR) is 84.6 cm³/mol. The predicted octanol–water partition coefficient (Wildman–Crippen LogP) is 2.78. The van der Waals surface area contributed by atoms with Gasteiger partial charge in [-0.05, 0) is 56.8 Å². The van der Waals surface area contributed by atoms with Crippen molar-refractivity contribution < 1.29 is 4.79 Å². The number of rotatable bonds is 1. The highest BCUT2D eigenvalue weighted by Crippen LogP contribution is 2.28. The molecule has 1 amide bonds.